The first kappa shape index (κ1) is 16.4. The standard InChI is InChI=1S/C20H28N2/c1-14(2)21-19-10-6-17(7-11-19)16(5)18-8-12-20(13-9-18)22-15(3)4/h6-16,21-22H,1-5H3. The van der Waals surface area contributed by atoms with Crippen LogP contribution in [0.25, 0.3) is 0 Å². The Morgan fingerprint density at radius 3 is 1.14 bits per heavy atom. The quantitative estimate of drug-likeness (QED) is 0.737. The first-order chi connectivity index (χ1) is 10.5. The van der Waals surface area contributed by atoms with Gasteiger partial charge in [0.25, 0.3) is 0 Å². The van der Waals surface area contributed by atoms with E-state index in [4.69, 9.17) is 0 Å². The molecule has 22 heavy (non-hydrogen) atoms. The molecule has 0 atom stereocenters. The minimum absolute atomic E-state index is 0.404. The molecule has 2 heteroatoms. The Kier molecular flexibility index (Phi) is 5.48. The SMILES string of the molecule is CC(C)Nc1ccc(C(C)c2ccc(NC(C)C)cc2)cc1. The van der Waals surface area contributed by atoms with Crippen molar-refractivity contribution in [3.8, 4) is 0 Å². The molecule has 0 aromatic heterocycles. The molecule has 118 valence electrons. The lowest BCUT2D eigenvalue weighted by molar-refractivity contribution is 0.892. The van der Waals surface area contributed by atoms with Gasteiger partial charge in [0.05, 0.1) is 0 Å². The van der Waals surface area contributed by atoms with E-state index in [2.05, 4.69) is 93.8 Å². The lowest BCUT2D eigenvalue weighted by atomic mass is 9.93. The fraction of sp³-hybridized carbons (Fsp3) is 0.400. The largest absolute Gasteiger partial charge is 0.383 e. The zero-order chi connectivity index (χ0) is 16.1. The summed E-state index contributed by atoms with van der Waals surface area (Å²) >= 11 is 0. The summed E-state index contributed by atoms with van der Waals surface area (Å²) < 4.78 is 0. The van der Waals surface area contributed by atoms with Crippen molar-refractivity contribution in [3.63, 3.8) is 0 Å². The van der Waals surface area contributed by atoms with Crippen LogP contribution < -0.4 is 10.6 Å². The molecule has 2 nitrogen and oxygen atoms in total. The van der Waals surface area contributed by atoms with Crippen LogP contribution in [0.2, 0.25) is 0 Å². The number of hydrogen-bond acceptors (Lipinski definition) is 2. The van der Waals surface area contributed by atoms with E-state index in [0.717, 1.165) is 0 Å². The van der Waals surface area contributed by atoms with Crippen LogP contribution in [0, 0.1) is 0 Å². The Balaban J connectivity index is 2.08. The molecule has 2 N–H and O–H groups in total. The van der Waals surface area contributed by atoms with Crippen LogP contribution in [-0.2, 0) is 0 Å². The van der Waals surface area contributed by atoms with Crippen LogP contribution in [0.15, 0.2) is 48.5 Å². The van der Waals surface area contributed by atoms with Gasteiger partial charge >= 0.3 is 0 Å². The number of benzene rings is 2. The molecule has 0 radical (unpaired) electrons. The lowest BCUT2D eigenvalue weighted by Crippen LogP contribution is -2.10. The third kappa shape index (κ3) is 4.52. The number of nitrogens with one attached hydrogen (secondary N) is 2. The fourth-order valence-electron chi connectivity index (χ4n) is 2.60. The van der Waals surface area contributed by atoms with E-state index in [1.807, 2.05) is 0 Å². The summed E-state index contributed by atoms with van der Waals surface area (Å²) in [5, 5.41) is 6.86. The molecule has 0 aliphatic heterocycles. The molecule has 0 aliphatic rings. The third-order valence-corrected chi connectivity index (χ3v) is 3.73. The van der Waals surface area contributed by atoms with Gasteiger partial charge in [-0.05, 0) is 63.1 Å². The van der Waals surface area contributed by atoms with Crippen molar-refractivity contribution in [1.82, 2.24) is 0 Å². The summed E-state index contributed by atoms with van der Waals surface area (Å²) in [7, 11) is 0. The summed E-state index contributed by atoms with van der Waals surface area (Å²) in [5.41, 5.74) is 5.06. The topological polar surface area (TPSA) is 24.1 Å². The highest BCUT2D eigenvalue weighted by Crippen LogP contribution is 2.26. The van der Waals surface area contributed by atoms with E-state index in [1.165, 1.54) is 22.5 Å². The van der Waals surface area contributed by atoms with Crippen molar-refractivity contribution >= 4 is 11.4 Å². The number of hydrogen-bond donors (Lipinski definition) is 2. The highest BCUT2D eigenvalue weighted by molar-refractivity contribution is 5.49. The van der Waals surface area contributed by atoms with E-state index in [0.29, 0.717) is 18.0 Å². The van der Waals surface area contributed by atoms with Crippen LogP contribution >= 0.6 is 0 Å². The van der Waals surface area contributed by atoms with Gasteiger partial charge in [-0.15, -0.1) is 0 Å². The average Bonchev–Trinajstić information content (AvgIpc) is 2.47. The van der Waals surface area contributed by atoms with E-state index in [1.54, 1.807) is 0 Å². The highest BCUT2D eigenvalue weighted by atomic mass is 14.9. The Hall–Kier alpha value is -1.96. The first-order valence-corrected chi connectivity index (χ1v) is 8.18. The van der Waals surface area contributed by atoms with Crippen molar-refractivity contribution in [2.24, 2.45) is 0 Å². The van der Waals surface area contributed by atoms with Crippen molar-refractivity contribution in [1.29, 1.82) is 0 Å². The molecule has 0 spiro atoms. The van der Waals surface area contributed by atoms with Crippen LogP contribution in [0.5, 0.6) is 0 Å². The first-order valence-electron chi connectivity index (χ1n) is 8.18. The number of rotatable bonds is 6. The predicted molar refractivity (Wildman–Crippen MR) is 97.9 cm³/mol. The molecule has 0 bridgehead atoms. The zero-order valence-electron chi connectivity index (χ0n) is 14.4. The third-order valence-electron chi connectivity index (χ3n) is 3.73. The van der Waals surface area contributed by atoms with Gasteiger partial charge in [0.2, 0.25) is 0 Å². The Labute approximate surface area is 135 Å². The maximum Gasteiger partial charge on any atom is 0.0342 e. The van der Waals surface area contributed by atoms with Gasteiger partial charge in [-0.25, -0.2) is 0 Å². The van der Waals surface area contributed by atoms with Gasteiger partial charge in [-0.3, -0.25) is 0 Å². The summed E-state index contributed by atoms with van der Waals surface area (Å²) in [5.74, 6) is 0.404. The second-order valence-electron chi connectivity index (χ2n) is 6.56. The van der Waals surface area contributed by atoms with E-state index < -0.39 is 0 Å². The molecule has 0 amide bonds. The van der Waals surface area contributed by atoms with Gasteiger partial charge in [0, 0.05) is 29.4 Å². The van der Waals surface area contributed by atoms with Gasteiger partial charge in [-0.1, -0.05) is 31.2 Å². The molecule has 0 aliphatic carbocycles. The Morgan fingerprint density at radius 1 is 0.545 bits per heavy atom. The minimum atomic E-state index is 0.404. The Morgan fingerprint density at radius 2 is 0.864 bits per heavy atom. The molecule has 0 unspecified atom stereocenters. The molecule has 0 fully saturated rings. The summed E-state index contributed by atoms with van der Waals surface area (Å²) in [6, 6.07) is 18.5. The van der Waals surface area contributed by atoms with Crippen LogP contribution in [0.3, 0.4) is 0 Å². The lowest BCUT2D eigenvalue weighted by Gasteiger charge is -2.16. The van der Waals surface area contributed by atoms with Gasteiger partial charge < -0.3 is 10.6 Å². The average molecular weight is 296 g/mol. The fourth-order valence-corrected chi connectivity index (χ4v) is 2.60. The molecule has 0 saturated carbocycles. The maximum atomic E-state index is 3.43. The van der Waals surface area contributed by atoms with Gasteiger partial charge in [0.15, 0.2) is 0 Å². The Bertz CT molecular complexity index is 514. The molecular weight excluding hydrogens is 268 g/mol. The van der Waals surface area contributed by atoms with Crippen molar-refractivity contribution in [2.45, 2.75) is 52.6 Å². The minimum Gasteiger partial charge on any atom is -0.383 e. The van der Waals surface area contributed by atoms with E-state index >= 15 is 0 Å². The summed E-state index contributed by atoms with van der Waals surface area (Å²) in [6.45, 7) is 10.9. The van der Waals surface area contributed by atoms with E-state index in [9.17, 15) is 0 Å². The van der Waals surface area contributed by atoms with Gasteiger partial charge in [-0.2, -0.15) is 0 Å². The summed E-state index contributed by atoms with van der Waals surface area (Å²) in [6.07, 6.45) is 0. The molecule has 2 aromatic carbocycles. The summed E-state index contributed by atoms with van der Waals surface area (Å²) in [4.78, 5) is 0. The maximum absolute atomic E-state index is 3.43. The van der Waals surface area contributed by atoms with Gasteiger partial charge in [0.1, 0.15) is 0 Å². The van der Waals surface area contributed by atoms with Crippen LogP contribution in [0.1, 0.15) is 51.7 Å². The molecule has 2 rings (SSSR count). The van der Waals surface area contributed by atoms with Crippen molar-refractivity contribution < 1.29 is 0 Å². The van der Waals surface area contributed by atoms with Crippen LogP contribution in [-0.4, -0.2) is 12.1 Å². The normalized spacial score (nSPS) is 11.3. The highest BCUT2D eigenvalue weighted by Gasteiger charge is 2.08. The monoisotopic (exact) mass is 296 g/mol. The van der Waals surface area contributed by atoms with E-state index in [-0.39, 0.29) is 0 Å². The van der Waals surface area contributed by atoms with Crippen molar-refractivity contribution in [3.05, 3.63) is 59.7 Å². The molecule has 0 heterocycles. The van der Waals surface area contributed by atoms with Crippen LogP contribution in [0.4, 0.5) is 11.4 Å². The molecular formula is C20H28N2. The number of anilines is 2. The second kappa shape index (κ2) is 7.35. The second-order valence-corrected chi connectivity index (χ2v) is 6.56. The predicted octanol–water partition coefficient (Wildman–Crippen LogP) is 5.48. The van der Waals surface area contributed by atoms with Crippen molar-refractivity contribution in [2.75, 3.05) is 10.6 Å². The molecule has 2 aromatic rings. The smallest absolute Gasteiger partial charge is 0.0342 e. The molecule has 0 saturated heterocycles. The zero-order valence-corrected chi connectivity index (χ0v) is 14.4.